The van der Waals surface area contributed by atoms with Crippen LogP contribution in [0.3, 0.4) is 0 Å². The molecule has 23 heavy (non-hydrogen) atoms. The maximum absolute atomic E-state index is 10.8. The number of amides is 1. The first-order valence-corrected chi connectivity index (χ1v) is 7.33. The van der Waals surface area contributed by atoms with Gasteiger partial charge in [0.1, 0.15) is 5.82 Å². The molecule has 116 valence electrons. The molecule has 1 amide bonds. The molecule has 1 aromatic heterocycles. The van der Waals surface area contributed by atoms with Gasteiger partial charge in [0.05, 0.1) is 11.6 Å². The summed E-state index contributed by atoms with van der Waals surface area (Å²) in [5.41, 5.74) is 1.44. The summed E-state index contributed by atoms with van der Waals surface area (Å²) in [6.45, 7) is 2.91. The van der Waals surface area contributed by atoms with Gasteiger partial charge in [0, 0.05) is 38.1 Å². The Balaban J connectivity index is 1.70. The van der Waals surface area contributed by atoms with E-state index in [1.807, 2.05) is 18.2 Å². The Hall–Kier alpha value is -3.14. The highest BCUT2D eigenvalue weighted by Crippen LogP contribution is 2.18. The number of benzene rings is 1. The summed E-state index contributed by atoms with van der Waals surface area (Å²) < 4.78 is 0. The zero-order valence-electron chi connectivity index (χ0n) is 12.5. The minimum atomic E-state index is 0.505. The molecule has 1 N–H and O–H groups in total. The van der Waals surface area contributed by atoms with Gasteiger partial charge in [0.15, 0.2) is 0 Å². The molecule has 7 nitrogen and oxygen atoms in total. The Morgan fingerprint density at radius 3 is 2.52 bits per heavy atom. The van der Waals surface area contributed by atoms with E-state index in [9.17, 15) is 4.79 Å². The van der Waals surface area contributed by atoms with Crippen LogP contribution in [0.15, 0.2) is 36.5 Å². The molecule has 7 heteroatoms. The third-order valence-electron chi connectivity index (χ3n) is 3.70. The summed E-state index contributed by atoms with van der Waals surface area (Å²) in [4.78, 5) is 23.4. The summed E-state index contributed by atoms with van der Waals surface area (Å²) in [6.07, 6.45) is 2.59. The molecule has 1 aromatic carbocycles. The zero-order valence-corrected chi connectivity index (χ0v) is 12.5. The van der Waals surface area contributed by atoms with Crippen LogP contribution < -0.4 is 10.2 Å². The predicted octanol–water partition coefficient (Wildman–Crippen LogP) is 1.37. The first-order valence-electron chi connectivity index (χ1n) is 7.33. The van der Waals surface area contributed by atoms with Crippen molar-refractivity contribution >= 4 is 23.9 Å². The number of aromatic nitrogens is 2. The van der Waals surface area contributed by atoms with Gasteiger partial charge >= 0.3 is 0 Å². The summed E-state index contributed by atoms with van der Waals surface area (Å²) in [6, 6.07) is 11.1. The van der Waals surface area contributed by atoms with Crippen LogP contribution >= 0.6 is 0 Å². The topological polar surface area (TPSA) is 85.2 Å². The normalized spacial score (nSPS) is 14.2. The summed E-state index contributed by atoms with van der Waals surface area (Å²) >= 11 is 0. The van der Waals surface area contributed by atoms with Gasteiger partial charge in [-0.15, -0.1) is 0 Å². The van der Waals surface area contributed by atoms with Gasteiger partial charge in [0.25, 0.3) is 0 Å². The van der Waals surface area contributed by atoms with Crippen LogP contribution in [0.4, 0.5) is 17.5 Å². The van der Waals surface area contributed by atoms with Gasteiger partial charge in [-0.3, -0.25) is 4.79 Å². The van der Waals surface area contributed by atoms with Crippen LogP contribution in [0.2, 0.25) is 0 Å². The highest BCUT2D eigenvalue weighted by molar-refractivity contribution is 5.56. The zero-order chi connectivity index (χ0) is 16.1. The number of anilines is 3. The lowest BCUT2D eigenvalue weighted by Crippen LogP contribution is -2.46. The van der Waals surface area contributed by atoms with E-state index in [-0.39, 0.29) is 0 Å². The molecular weight excluding hydrogens is 292 g/mol. The summed E-state index contributed by atoms with van der Waals surface area (Å²) in [5.74, 6) is 1.34. The van der Waals surface area contributed by atoms with Crippen molar-refractivity contribution in [1.29, 1.82) is 5.26 Å². The van der Waals surface area contributed by atoms with Gasteiger partial charge in [-0.1, -0.05) is 0 Å². The third-order valence-corrected chi connectivity index (χ3v) is 3.70. The SMILES string of the molecule is N#Cc1ccc(Nc2nccc(N3CCN(C=O)CC3)n2)cc1. The fourth-order valence-electron chi connectivity index (χ4n) is 2.40. The van der Waals surface area contributed by atoms with E-state index >= 15 is 0 Å². The third kappa shape index (κ3) is 3.55. The van der Waals surface area contributed by atoms with Crippen LogP contribution in [-0.4, -0.2) is 47.5 Å². The van der Waals surface area contributed by atoms with Gasteiger partial charge < -0.3 is 15.1 Å². The van der Waals surface area contributed by atoms with E-state index < -0.39 is 0 Å². The molecule has 1 aliphatic rings. The van der Waals surface area contributed by atoms with E-state index in [4.69, 9.17) is 5.26 Å². The molecule has 2 aromatic rings. The number of nitriles is 1. The van der Waals surface area contributed by atoms with Gasteiger partial charge in [-0.25, -0.2) is 4.98 Å². The predicted molar refractivity (Wildman–Crippen MR) is 86.3 cm³/mol. The van der Waals surface area contributed by atoms with E-state index in [2.05, 4.69) is 26.3 Å². The molecule has 0 spiro atoms. The number of carbonyl (C=O) groups is 1. The molecule has 1 aliphatic heterocycles. The Morgan fingerprint density at radius 1 is 1.13 bits per heavy atom. The van der Waals surface area contributed by atoms with Crippen molar-refractivity contribution in [3.05, 3.63) is 42.1 Å². The molecule has 3 rings (SSSR count). The molecule has 1 saturated heterocycles. The van der Waals surface area contributed by atoms with Crippen molar-refractivity contribution in [2.24, 2.45) is 0 Å². The summed E-state index contributed by atoms with van der Waals surface area (Å²) in [7, 11) is 0. The molecule has 0 bridgehead atoms. The van der Waals surface area contributed by atoms with Crippen molar-refractivity contribution in [1.82, 2.24) is 14.9 Å². The van der Waals surface area contributed by atoms with Crippen molar-refractivity contribution < 1.29 is 4.79 Å². The molecule has 0 saturated carbocycles. The fraction of sp³-hybridized carbons (Fsp3) is 0.250. The second-order valence-corrected chi connectivity index (χ2v) is 5.18. The number of nitrogens with one attached hydrogen (secondary N) is 1. The second kappa shape index (κ2) is 6.75. The number of carbonyl (C=O) groups excluding carboxylic acids is 1. The minimum absolute atomic E-state index is 0.505. The first-order chi connectivity index (χ1) is 11.3. The molecule has 0 atom stereocenters. The molecule has 0 radical (unpaired) electrons. The van der Waals surface area contributed by atoms with Crippen molar-refractivity contribution in [2.75, 3.05) is 36.4 Å². The Morgan fingerprint density at radius 2 is 1.87 bits per heavy atom. The Kier molecular flexibility index (Phi) is 4.34. The fourth-order valence-corrected chi connectivity index (χ4v) is 2.40. The van der Waals surface area contributed by atoms with Crippen molar-refractivity contribution in [2.45, 2.75) is 0 Å². The molecule has 2 heterocycles. The number of rotatable bonds is 4. The quantitative estimate of drug-likeness (QED) is 0.859. The lowest BCUT2D eigenvalue weighted by atomic mass is 10.2. The Labute approximate surface area is 134 Å². The van der Waals surface area contributed by atoms with Crippen molar-refractivity contribution in [3.8, 4) is 6.07 Å². The number of piperazine rings is 1. The highest BCUT2D eigenvalue weighted by Gasteiger charge is 2.17. The van der Waals surface area contributed by atoms with Gasteiger partial charge in [-0.05, 0) is 30.3 Å². The van der Waals surface area contributed by atoms with E-state index in [1.54, 1.807) is 23.2 Å². The monoisotopic (exact) mass is 308 g/mol. The van der Waals surface area contributed by atoms with Gasteiger partial charge in [-0.2, -0.15) is 10.2 Å². The van der Waals surface area contributed by atoms with E-state index in [0.29, 0.717) is 24.6 Å². The van der Waals surface area contributed by atoms with Crippen LogP contribution in [-0.2, 0) is 4.79 Å². The minimum Gasteiger partial charge on any atom is -0.353 e. The second-order valence-electron chi connectivity index (χ2n) is 5.18. The van der Waals surface area contributed by atoms with Crippen molar-refractivity contribution in [3.63, 3.8) is 0 Å². The van der Waals surface area contributed by atoms with Crippen LogP contribution in [0.5, 0.6) is 0 Å². The molecule has 0 unspecified atom stereocenters. The van der Waals surface area contributed by atoms with Crippen LogP contribution in [0.1, 0.15) is 5.56 Å². The molecular formula is C16H16N6O. The largest absolute Gasteiger partial charge is 0.353 e. The van der Waals surface area contributed by atoms with Gasteiger partial charge in [0.2, 0.25) is 12.4 Å². The summed E-state index contributed by atoms with van der Waals surface area (Å²) in [5, 5.41) is 11.9. The number of nitrogens with zero attached hydrogens (tertiary/aromatic N) is 5. The molecule has 1 fully saturated rings. The van der Waals surface area contributed by atoms with Crippen LogP contribution in [0.25, 0.3) is 0 Å². The first kappa shape index (κ1) is 14.8. The average Bonchev–Trinajstić information content (AvgIpc) is 2.63. The number of hydrogen-bond donors (Lipinski definition) is 1. The van der Waals surface area contributed by atoms with E-state index in [1.165, 1.54) is 0 Å². The lowest BCUT2D eigenvalue weighted by molar-refractivity contribution is -0.118. The Bertz CT molecular complexity index is 716. The van der Waals surface area contributed by atoms with E-state index in [0.717, 1.165) is 31.0 Å². The maximum Gasteiger partial charge on any atom is 0.229 e. The highest BCUT2D eigenvalue weighted by atomic mass is 16.1. The number of hydrogen-bond acceptors (Lipinski definition) is 6. The maximum atomic E-state index is 10.8. The lowest BCUT2D eigenvalue weighted by Gasteiger charge is -2.33. The smallest absolute Gasteiger partial charge is 0.229 e. The average molecular weight is 308 g/mol. The standard InChI is InChI=1S/C16H16N6O/c17-11-13-1-3-14(4-2-13)19-16-18-6-5-15(20-16)22-9-7-21(12-23)8-10-22/h1-6,12H,7-10H2,(H,18,19,20). The molecule has 0 aliphatic carbocycles. The van der Waals surface area contributed by atoms with Crippen LogP contribution in [0, 0.1) is 11.3 Å².